The first-order valence-electron chi connectivity index (χ1n) is 10.1. The molecule has 0 saturated heterocycles. The van der Waals surface area contributed by atoms with Gasteiger partial charge in [-0.25, -0.2) is 23.6 Å². The van der Waals surface area contributed by atoms with Crippen LogP contribution in [0.3, 0.4) is 0 Å². The van der Waals surface area contributed by atoms with Gasteiger partial charge in [0.2, 0.25) is 5.95 Å². The van der Waals surface area contributed by atoms with Crippen molar-refractivity contribution in [2.45, 2.75) is 20.0 Å². The van der Waals surface area contributed by atoms with Gasteiger partial charge in [0.05, 0.1) is 16.7 Å². The van der Waals surface area contributed by atoms with E-state index in [0.717, 1.165) is 4.47 Å². The number of carbonyl (C=O) groups excluding carboxylic acids is 1. The summed E-state index contributed by atoms with van der Waals surface area (Å²) in [4.78, 5) is 21.2. The lowest BCUT2D eigenvalue weighted by Gasteiger charge is -2.04. The van der Waals surface area contributed by atoms with E-state index in [9.17, 15) is 9.18 Å². The quantitative estimate of drug-likeness (QED) is 0.345. The monoisotopic (exact) mass is 543 g/mol. The fourth-order valence-electron chi connectivity index (χ4n) is 3.34. The van der Waals surface area contributed by atoms with Gasteiger partial charge < -0.3 is 0 Å². The van der Waals surface area contributed by atoms with Gasteiger partial charge in [-0.15, -0.1) is 5.10 Å². The highest BCUT2D eigenvalue weighted by molar-refractivity contribution is 9.10. The molecule has 34 heavy (non-hydrogen) atoms. The van der Waals surface area contributed by atoms with Crippen LogP contribution in [0.2, 0.25) is 5.02 Å². The van der Waals surface area contributed by atoms with Crippen molar-refractivity contribution in [3.63, 3.8) is 0 Å². The van der Waals surface area contributed by atoms with Crippen molar-refractivity contribution < 1.29 is 9.18 Å². The molecule has 0 unspecified atom stereocenters. The lowest BCUT2D eigenvalue weighted by molar-refractivity contribution is 0.102. The van der Waals surface area contributed by atoms with Crippen LogP contribution in [0.4, 0.5) is 10.3 Å². The van der Waals surface area contributed by atoms with Crippen LogP contribution in [0.15, 0.2) is 53.5 Å². The van der Waals surface area contributed by atoms with Crippen LogP contribution in [0, 0.1) is 5.82 Å². The van der Waals surface area contributed by atoms with Crippen LogP contribution in [0.5, 0.6) is 0 Å². The fourth-order valence-corrected chi connectivity index (χ4v) is 4.08. The Hall–Kier alpha value is -3.64. The lowest BCUT2D eigenvalue weighted by Crippen LogP contribution is -2.14. The number of nitrogens with zero attached hydrogens (tertiary/aromatic N) is 8. The summed E-state index contributed by atoms with van der Waals surface area (Å²) in [6.45, 7) is 2.97. The van der Waals surface area contributed by atoms with E-state index in [2.05, 4.69) is 46.5 Å². The topological polar surface area (TPSA) is 108 Å². The van der Waals surface area contributed by atoms with Gasteiger partial charge in [0, 0.05) is 30.0 Å². The second-order valence-electron chi connectivity index (χ2n) is 7.27. The summed E-state index contributed by atoms with van der Waals surface area (Å²) in [5.41, 5.74) is 2.67. The van der Waals surface area contributed by atoms with Gasteiger partial charge in [-0.3, -0.25) is 14.8 Å². The third kappa shape index (κ3) is 4.29. The maximum Gasteiger partial charge on any atom is 0.278 e. The number of aryl methyl sites for hydroxylation is 1. The molecule has 172 valence electrons. The predicted octanol–water partition coefficient (Wildman–Crippen LogP) is 4.06. The number of hydrogen-bond donors (Lipinski definition) is 1. The van der Waals surface area contributed by atoms with Gasteiger partial charge >= 0.3 is 0 Å². The first-order chi connectivity index (χ1) is 16.4. The van der Waals surface area contributed by atoms with E-state index in [4.69, 9.17) is 11.6 Å². The van der Waals surface area contributed by atoms with E-state index in [-0.39, 0.29) is 23.2 Å². The third-order valence-electron chi connectivity index (χ3n) is 4.98. The molecule has 5 rings (SSSR count). The van der Waals surface area contributed by atoms with Crippen molar-refractivity contribution in [3.8, 4) is 11.4 Å². The Balaban J connectivity index is 1.37. The highest BCUT2D eigenvalue weighted by atomic mass is 79.9. The number of hydrogen-bond acceptors (Lipinski definition) is 6. The van der Waals surface area contributed by atoms with Gasteiger partial charge in [0.15, 0.2) is 11.3 Å². The van der Waals surface area contributed by atoms with E-state index in [1.807, 2.05) is 13.1 Å². The minimum atomic E-state index is -0.493. The van der Waals surface area contributed by atoms with Gasteiger partial charge in [-0.1, -0.05) is 17.7 Å². The predicted molar refractivity (Wildman–Crippen MR) is 126 cm³/mol. The summed E-state index contributed by atoms with van der Waals surface area (Å²) in [6, 6.07) is 7.46. The highest BCUT2D eigenvalue weighted by Gasteiger charge is 2.18. The molecule has 0 aliphatic carbocycles. The number of amides is 1. The number of nitrogens with one attached hydrogen (secondary N) is 1. The molecule has 0 spiro atoms. The van der Waals surface area contributed by atoms with Crippen LogP contribution < -0.4 is 5.32 Å². The number of aromatic nitrogens is 8. The maximum atomic E-state index is 13.2. The van der Waals surface area contributed by atoms with Gasteiger partial charge in [-0.05, 0) is 46.6 Å². The zero-order valence-corrected chi connectivity index (χ0v) is 20.0. The SMILES string of the molecule is CCn1cc(Br)c(-c2ccnc3cc(C(=O)Nc4ncn(Cc5ccc(F)cc5Cl)n4)nn23)n1. The van der Waals surface area contributed by atoms with Crippen molar-refractivity contribution >= 4 is 45.0 Å². The molecule has 0 aliphatic rings. The molecule has 5 aromatic rings. The normalized spacial score (nSPS) is 11.3. The largest absolute Gasteiger partial charge is 0.288 e. The summed E-state index contributed by atoms with van der Waals surface area (Å²) < 4.78 is 18.9. The first-order valence-corrected chi connectivity index (χ1v) is 11.3. The zero-order chi connectivity index (χ0) is 23.8. The molecule has 0 saturated carbocycles. The second kappa shape index (κ2) is 8.95. The van der Waals surface area contributed by atoms with Gasteiger partial charge in [-0.2, -0.15) is 10.2 Å². The number of carbonyl (C=O) groups is 1. The van der Waals surface area contributed by atoms with E-state index in [0.29, 0.717) is 29.1 Å². The minimum Gasteiger partial charge on any atom is -0.288 e. The summed E-state index contributed by atoms with van der Waals surface area (Å²) >= 11 is 9.59. The molecule has 0 fully saturated rings. The Morgan fingerprint density at radius 3 is 2.76 bits per heavy atom. The molecule has 1 aromatic carbocycles. The second-order valence-corrected chi connectivity index (χ2v) is 8.53. The molecule has 13 heteroatoms. The van der Waals surface area contributed by atoms with Crippen LogP contribution in [-0.4, -0.2) is 45.1 Å². The molecule has 0 atom stereocenters. The van der Waals surface area contributed by atoms with Gasteiger partial charge in [0.1, 0.15) is 17.8 Å². The molecule has 1 amide bonds. The molecule has 4 aromatic heterocycles. The minimum absolute atomic E-state index is 0.0953. The lowest BCUT2D eigenvalue weighted by atomic mass is 10.2. The summed E-state index contributed by atoms with van der Waals surface area (Å²) in [7, 11) is 0. The third-order valence-corrected chi connectivity index (χ3v) is 5.92. The summed E-state index contributed by atoms with van der Waals surface area (Å²) in [5, 5.41) is 16.1. The van der Waals surface area contributed by atoms with E-state index < -0.39 is 11.7 Å². The van der Waals surface area contributed by atoms with Crippen molar-refractivity contribution in [2.75, 3.05) is 5.32 Å². The Labute approximate surface area is 205 Å². The average molecular weight is 545 g/mol. The standard InChI is InChI=1S/C21H16BrClFN9O/c1-2-31-10-14(22)19(29-31)17-5-6-25-18-8-16(28-33(17)18)20(34)27-21-26-11-32(30-21)9-12-3-4-13(24)7-15(12)23/h3-8,10-11H,2,9H2,1H3,(H,27,30,34). The fraction of sp³-hybridized carbons (Fsp3) is 0.143. The number of benzene rings is 1. The van der Waals surface area contributed by atoms with Crippen molar-refractivity contribution in [3.05, 3.63) is 75.6 Å². The van der Waals surface area contributed by atoms with E-state index in [1.165, 1.54) is 23.1 Å². The number of halogens is 3. The van der Waals surface area contributed by atoms with Crippen LogP contribution in [0.1, 0.15) is 23.0 Å². The van der Waals surface area contributed by atoms with Crippen molar-refractivity contribution in [2.24, 2.45) is 0 Å². The molecule has 0 aliphatic heterocycles. The Bertz CT molecular complexity index is 1530. The molecule has 0 radical (unpaired) electrons. The van der Waals surface area contributed by atoms with Gasteiger partial charge in [0.25, 0.3) is 5.91 Å². The first kappa shape index (κ1) is 22.2. The van der Waals surface area contributed by atoms with E-state index >= 15 is 0 Å². The van der Waals surface area contributed by atoms with Crippen LogP contribution in [-0.2, 0) is 13.1 Å². The van der Waals surface area contributed by atoms with Crippen LogP contribution in [0.25, 0.3) is 17.0 Å². The Morgan fingerprint density at radius 2 is 2.00 bits per heavy atom. The summed E-state index contributed by atoms with van der Waals surface area (Å²) in [6.07, 6.45) is 4.95. The Morgan fingerprint density at radius 1 is 1.15 bits per heavy atom. The molecule has 1 N–H and O–H groups in total. The maximum absolute atomic E-state index is 13.2. The molecule has 4 heterocycles. The smallest absolute Gasteiger partial charge is 0.278 e. The van der Waals surface area contributed by atoms with Crippen LogP contribution >= 0.6 is 27.5 Å². The zero-order valence-electron chi connectivity index (χ0n) is 17.7. The molecular formula is C21H16BrClFN9O. The molecule has 10 nitrogen and oxygen atoms in total. The average Bonchev–Trinajstić information content (AvgIpc) is 3.53. The number of rotatable bonds is 6. The number of anilines is 1. The molecular weight excluding hydrogens is 529 g/mol. The summed E-state index contributed by atoms with van der Waals surface area (Å²) in [5.74, 6) is -0.818. The molecule has 0 bridgehead atoms. The van der Waals surface area contributed by atoms with E-state index in [1.54, 1.807) is 33.6 Å². The number of fused-ring (bicyclic) bond motifs is 1. The highest BCUT2D eigenvalue weighted by Crippen LogP contribution is 2.27. The van der Waals surface area contributed by atoms with Crippen molar-refractivity contribution in [1.29, 1.82) is 0 Å². The Kier molecular flexibility index (Phi) is 5.84. The van der Waals surface area contributed by atoms with Crippen molar-refractivity contribution in [1.82, 2.24) is 39.1 Å².